The van der Waals surface area contributed by atoms with E-state index >= 15 is 0 Å². The molecule has 4 heteroatoms. The first-order valence-corrected chi connectivity index (χ1v) is 9.03. The summed E-state index contributed by atoms with van der Waals surface area (Å²) in [4.78, 5) is 9.49. The molecule has 74 valence electrons. The Morgan fingerprint density at radius 1 is 1.00 bits per heavy atom. The molecule has 0 fully saturated rings. The lowest BCUT2D eigenvalue weighted by molar-refractivity contribution is 0.655. The lowest BCUT2D eigenvalue weighted by atomic mass is 10.4. The van der Waals surface area contributed by atoms with E-state index in [2.05, 4.69) is 13.8 Å². The molecule has 0 amide bonds. The maximum Gasteiger partial charge on any atom is 0.149 e. The van der Waals surface area contributed by atoms with Crippen molar-refractivity contribution in [1.29, 1.82) is 0 Å². The van der Waals surface area contributed by atoms with Crippen molar-refractivity contribution in [3.63, 3.8) is 0 Å². The highest BCUT2D eigenvalue weighted by molar-refractivity contribution is 8.86. The molecule has 0 aliphatic carbocycles. The molecular formula is C8H19OPS2. The van der Waals surface area contributed by atoms with Crippen molar-refractivity contribution in [2.24, 2.45) is 0 Å². The molecule has 0 atom stereocenters. The zero-order valence-electron chi connectivity index (χ0n) is 7.95. The number of hydrogen-bond donors (Lipinski definition) is 1. The van der Waals surface area contributed by atoms with Gasteiger partial charge >= 0.3 is 0 Å². The minimum absolute atomic E-state index is 0.770. The predicted octanol–water partition coefficient (Wildman–Crippen LogP) is 4.27. The Hall–Kier alpha value is 1.09. The summed E-state index contributed by atoms with van der Waals surface area (Å²) in [7, 11) is 0. The maximum absolute atomic E-state index is 9.49. The Balaban J connectivity index is 3.04. The van der Waals surface area contributed by atoms with Crippen LogP contribution in [0.25, 0.3) is 0 Å². The Morgan fingerprint density at radius 2 is 1.42 bits per heavy atom. The first-order chi connectivity index (χ1) is 5.81. The smallest absolute Gasteiger partial charge is 0.149 e. The topological polar surface area (TPSA) is 20.2 Å². The van der Waals surface area contributed by atoms with Crippen LogP contribution in [0.5, 0.6) is 0 Å². The third-order valence-electron chi connectivity index (χ3n) is 1.40. The second kappa shape index (κ2) is 10.2. The van der Waals surface area contributed by atoms with Gasteiger partial charge in [0, 0.05) is 11.5 Å². The molecule has 0 saturated heterocycles. The first kappa shape index (κ1) is 13.1. The van der Waals surface area contributed by atoms with Gasteiger partial charge in [0.1, 0.15) is 6.55 Å². The molecule has 0 bridgehead atoms. The molecule has 0 aromatic carbocycles. The van der Waals surface area contributed by atoms with Crippen LogP contribution < -0.4 is 0 Å². The van der Waals surface area contributed by atoms with Gasteiger partial charge in [0.2, 0.25) is 0 Å². The summed E-state index contributed by atoms with van der Waals surface area (Å²) < 4.78 is 0. The second-order valence-corrected chi connectivity index (χ2v) is 8.74. The molecule has 0 aliphatic heterocycles. The third kappa shape index (κ3) is 9.18. The van der Waals surface area contributed by atoms with Crippen LogP contribution in [0, 0.1) is 0 Å². The molecule has 1 nitrogen and oxygen atoms in total. The molecule has 0 aromatic rings. The van der Waals surface area contributed by atoms with Crippen molar-refractivity contribution >= 4 is 29.3 Å². The molecule has 0 heterocycles. The van der Waals surface area contributed by atoms with E-state index in [1.165, 1.54) is 25.7 Å². The molecule has 12 heavy (non-hydrogen) atoms. The Bertz CT molecular complexity index is 83.1. The molecule has 0 spiro atoms. The fourth-order valence-corrected chi connectivity index (χ4v) is 5.78. The maximum atomic E-state index is 9.49. The van der Waals surface area contributed by atoms with Crippen LogP contribution >= 0.6 is 29.3 Å². The zero-order valence-corrected chi connectivity index (χ0v) is 10.5. The van der Waals surface area contributed by atoms with Crippen molar-refractivity contribution in [2.45, 2.75) is 39.5 Å². The largest absolute Gasteiger partial charge is 0.355 e. The molecule has 0 rings (SSSR count). The van der Waals surface area contributed by atoms with E-state index in [1.807, 2.05) is 0 Å². The van der Waals surface area contributed by atoms with Crippen LogP contribution in [0.1, 0.15) is 39.5 Å². The first-order valence-electron chi connectivity index (χ1n) is 4.56. The van der Waals surface area contributed by atoms with Gasteiger partial charge in [0.05, 0.1) is 0 Å². The standard InChI is InChI=1S/C8H19OPS2/c1-3-5-7-11-10(9)12-8-6-4-2/h9H,3-8H2,1-2H3. The quantitative estimate of drug-likeness (QED) is 0.493. The monoisotopic (exact) mass is 226 g/mol. The Kier molecular flexibility index (Phi) is 11.1. The van der Waals surface area contributed by atoms with Crippen LogP contribution in [0.2, 0.25) is 0 Å². The van der Waals surface area contributed by atoms with E-state index in [0.717, 1.165) is 11.5 Å². The number of rotatable bonds is 8. The van der Waals surface area contributed by atoms with Crippen molar-refractivity contribution in [1.82, 2.24) is 0 Å². The molecule has 0 aromatic heterocycles. The van der Waals surface area contributed by atoms with Crippen molar-refractivity contribution in [3.8, 4) is 0 Å². The van der Waals surface area contributed by atoms with Gasteiger partial charge in [-0.2, -0.15) is 0 Å². The number of hydrogen-bond acceptors (Lipinski definition) is 3. The van der Waals surface area contributed by atoms with Gasteiger partial charge in [-0.25, -0.2) is 0 Å². The summed E-state index contributed by atoms with van der Waals surface area (Å²) >= 11 is 3.47. The zero-order chi connectivity index (χ0) is 9.23. The summed E-state index contributed by atoms with van der Waals surface area (Å²) in [5, 5.41) is 0. The highest BCUT2D eigenvalue weighted by Crippen LogP contribution is 2.57. The lowest BCUT2D eigenvalue weighted by Crippen LogP contribution is -1.76. The van der Waals surface area contributed by atoms with E-state index in [4.69, 9.17) is 0 Å². The minimum atomic E-state index is -0.770. The van der Waals surface area contributed by atoms with Gasteiger partial charge in [0.25, 0.3) is 0 Å². The molecule has 1 N–H and O–H groups in total. The van der Waals surface area contributed by atoms with E-state index < -0.39 is 6.55 Å². The summed E-state index contributed by atoms with van der Waals surface area (Å²) in [6, 6.07) is 0. The molecule has 0 radical (unpaired) electrons. The average molecular weight is 226 g/mol. The van der Waals surface area contributed by atoms with Crippen LogP contribution in [-0.2, 0) is 0 Å². The van der Waals surface area contributed by atoms with Crippen molar-refractivity contribution in [2.75, 3.05) is 11.5 Å². The van der Waals surface area contributed by atoms with Gasteiger partial charge in [-0.15, -0.1) is 0 Å². The Morgan fingerprint density at radius 3 is 1.75 bits per heavy atom. The fraction of sp³-hybridized carbons (Fsp3) is 1.00. The number of unbranched alkanes of at least 4 members (excludes halogenated alkanes) is 2. The van der Waals surface area contributed by atoms with Gasteiger partial charge in [-0.05, 0) is 12.8 Å². The van der Waals surface area contributed by atoms with Gasteiger partial charge < -0.3 is 4.89 Å². The summed E-state index contributed by atoms with van der Waals surface area (Å²) in [5.74, 6) is 2.25. The predicted molar refractivity (Wildman–Crippen MR) is 63.9 cm³/mol. The normalized spacial score (nSPS) is 11.0. The molecule has 0 unspecified atom stereocenters. The van der Waals surface area contributed by atoms with Crippen LogP contribution in [0.4, 0.5) is 0 Å². The van der Waals surface area contributed by atoms with Gasteiger partial charge in [0.15, 0.2) is 0 Å². The highest BCUT2D eigenvalue weighted by atomic mass is 33.1. The van der Waals surface area contributed by atoms with Gasteiger partial charge in [-0.3, -0.25) is 0 Å². The summed E-state index contributed by atoms with van der Waals surface area (Å²) in [6.45, 7) is 3.60. The SMILES string of the molecule is CCCCSP(O)SCCCC. The van der Waals surface area contributed by atoms with E-state index in [0.29, 0.717) is 0 Å². The van der Waals surface area contributed by atoms with E-state index in [-0.39, 0.29) is 0 Å². The highest BCUT2D eigenvalue weighted by Gasteiger charge is 2.03. The van der Waals surface area contributed by atoms with Gasteiger partial charge in [-0.1, -0.05) is 49.5 Å². The average Bonchev–Trinajstić information content (AvgIpc) is 2.06. The van der Waals surface area contributed by atoms with Crippen molar-refractivity contribution < 1.29 is 4.89 Å². The van der Waals surface area contributed by atoms with Crippen LogP contribution in [0.3, 0.4) is 0 Å². The molecular weight excluding hydrogens is 207 g/mol. The van der Waals surface area contributed by atoms with Crippen LogP contribution in [-0.4, -0.2) is 16.4 Å². The van der Waals surface area contributed by atoms with Crippen LogP contribution in [0.15, 0.2) is 0 Å². The summed E-state index contributed by atoms with van der Waals surface area (Å²) in [6.07, 6.45) is 4.93. The van der Waals surface area contributed by atoms with E-state index in [1.54, 1.807) is 22.8 Å². The van der Waals surface area contributed by atoms with E-state index in [9.17, 15) is 4.89 Å². The Labute approximate surface area is 85.4 Å². The second-order valence-electron chi connectivity index (χ2n) is 2.61. The molecule has 0 saturated carbocycles. The third-order valence-corrected chi connectivity index (χ3v) is 7.10. The molecule has 0 aliphatic rings. The minimum Gasteiger partial charge on any atom is -0.355 e. The fourth-order valence-electron chi connectivity index (χ4n) is 0.611. The lowest BCUT2D eigenvalue weighted by Gasteiger charge is -2.07. The van der Waals surface area contributed by atoms with Crippen molar-refractivity contribution in [3.05, 3.63) is 0 Å². The summed E-state index contributed by atoms with van der Waals surface area (Å²) in [5.41, 5.74) is 0.